The zero-order valence-corrected chi connectivity index (χ0v) is 37.4. The van der Waals surface area contributed by atoms with Crippen LogP contribution in [0.2, 0.25) is 10.3 Å². The average Bonchev–Trinajstić information content (AvgIpc) is 4.06. The molecule has 0 fully saturated rings. The number of imide groups is 2. The van der Waals surface area contributed by atoms with Gasteiger partial charge in [0.2, 0.25) is 11.8 Å². The number of carbonyl (C=O) groups excluding carboxylic acids is 4. The predicted molar refractivity (Wildman–Crippen MR) is 250 cm³/mol. The first-order valence-corrected chi connectivity index (χ1v) is 22.5. The highest BCUT2D eigenvalue weighted by Crippen LogP contribution is 2.45. The summed E-state index contributed by atoms with van der Waals surface area (Å²) in [5, 5.41) is 25.4. The van der Waals surface area contributed by atoms with Crippen LogP contribution in [-0.2, 0) is 0 Å². The average molecular weight is 946 g/mol. The maximum absolute atomic E-state index is 14.9. The van der Waals surface area contributed by atoms with Gasteiger partial charge in [0.1, 0.15) is 33.6 Å². The second-order valence-electron chi connectivity index (χ2n) is 14.5. The number of aromatic nitrogens is 4. The molecule has 14 nitrogen and oxygen atoms in total. The van der Waals surface area contributed by atoms with Crippen molar-refractivity contribution in [2.24, 2.45) is 0 Å². The van der Waals surface area contributed by atoms with Crippen LogP contribution in [0, 0.1) is 22.7 Å². The predicted octanol–water partition coefficient (Wildman–Crippen LogP) is 10.7. The van der Waals surface area contributed by atoms with Gasteiger partial charge in [-0.05, 0) is 85.3 Å². The van der Waals surface area contributed by atoms with E-state index < -0.39 is 23.6 Å². The highest BCUT2D eigenvalue weighted by Gasteiger charge is 2.43. The van der Waals surface area contributed by atoms with E-state index in [1.165, 1.54) is 46.9 Å². The number of carbonyl (C=O) groups is 4. The molecule has 2 aliphatic rings. The minimum Gasteiger partial charge on any atom is -0.478 e. The third-order valence-electron chi connectivity index (χ3n) is 10.8. The van der Waals surface area contributed by atoms with Crippen molar-refractivity contribution in [1.82, 2.24) is 19.9 Å². The highest BCUT2D eigenvalue weighted by atomic mass is 35.5. The van der Waals surface area contributed by atoms with Gasteiger partial charge >= 0.3 is 0 Å². The van der Waals surface area contributed by atoms with E-state index in [-0.39, 0.29) is 89.2 Å². The van der Waals surface area contributed by atoms with Gasteiger partial charge in [-0.2, -0.15) is 10.5 Å². The zero-order valence-electron chi connectivity index (χ0n) is 34.3. The van der Waals surface area contributed by atoms with E-state index in [9.17, 15) is 29.7 Å². The quantitative estimate of drug-likeness (QED) is 0.0932. The first kappa shape index (κ1) is 42.1. The molecule has 320 valence electrons. The van der Waals surface area contributed by atoms with Crippen molar-refractivity contribution in [3.05, 3.63) is 139 Å². The normalized spacial score (nSPS) is 13.0. The summed E-state index contributed by atoms with van der Waals surface area (Å²) in [4.78, 5) is 80.4. The highest BCUT2D eigenvalue weighted by molar-refractivity contribution is 7.13. The maximum atomic E-state index is 14.9. The molecule has 0 saturated carbocycles. The Labute approximate surface area is 392 Å². The lowest BCUT2D eigenvalue weighted by Gasteiger charge is -2.32. The molecule has 6 aromatic heterocycles. The Morgan fingerprint density at radius 3 is 1.24 bits per heavy atom. The second-order valence-corrected chi connectivity index (χ2v) is 17.2. The van der Waals surface area contributed by atoms with Gasteiger partial charge in [-0.15, -0.1) is 22.7 Å². The molecule has 2 aliphatic heterocycles. The smallest absolute Gasteiger partial charge is 0.267 e. The van der Waals surface area contributed by atoms with Crippen molar-refractivity contribution in [3.63, 3.8) is 0 Å². The lowest BCUT2D eigenvalue weighted by Crippen LogP contribution is -2.44. The van der Waals surface area contributed by atoms with Crippen LogP contribution in [0.15, 0.2) is 95.7 Å². The topological polar surface area (TPSA) is 192 Å². The molecule has 10 rings (SSSR count). The summed E-state index contributed by atoms with van der Waals surface area (Å²) in [6, 6.07) is 26.8. The number of nitriles is 2. The molecule has 0 bridgehead atoms. The van der Waals surface area contributed by atoms with Gasteiger partial charge in [-0.3, -0.25) is 19.2 Å². The summed E-state index contributed by atoms with van der Waals surface area (Å²) in [7, 11) is 0. The van der Waals surface area contributed by atoms with Gasteiger partial charge in [0, 0.05) is 77.2 Å². The minimum absolute atomic E-state index is 0.0175. The molecule has 0 radical (unpaired) electrons. The summed E-state index contributed by atoms with van der Waals surface area (Å²) in [6.07, 6.45) is 0. The van der Waals surface area contributed by atoms with Gasteiger partial charge in [-0.1, -0.05) is 35.3 Å². The Morgan fingerprint density at radius 2 is 0.924 bits per heavy atom. The van der Waals surface area contributed by atoms with Gasteiger partial charge in [0.15, 0.2) is 11.6 Å². The molecule has 4 amide bonds. The Bertz CT molecular complexity index is 3210. The summed E-state index contributed by atoms with van der Waals surface area (Å²) >= 11 is 15.5. The lowest BCUT2D eigenvalue weighted by molar-refractivity contribution is 0.0871. The minimum atomic E-state index is -0.844. The number of pyridine rings is 4. The van der Waals surface area contributed by atoms with Crippen molar-refractivity contribution in [2.45, 2.75) is 13.8 Å². The number of ether oxygens (including phenoxy) is 2. The first-order chi connectivity index (χ1) is 32.0. The van der Waals surface area contributed by atoms with Crippen LogP contribution in [0.3, 0.4) is 0 Å². The lowest BCUT2D eigenvalue weighted by atomic mass is 9.85. The number of hydrogen-bond acceptors (Lipinski definition) is 14. The Kier molecular flexibility index (Phi) is 10.6. The van der Waals surface area contributed by atoms with E-state index in [0.29, 0.717) is 45.2 Å². The number of benzene rings is 2. The number of rotatable bonds is 10. The fourth-order valence-electron chi connectivity index (χ4n) is 8.10. The number of hydrogen-bond donors (Lipinski definition) is 0. The van der Waals surface area contributed by atoms with E-state index in [2.05, 4.69) is 22.1 Å². The molecule has 66 heavy (non-hydrogen) atoms. The molecule has 18 heteroatoms. The summed E-state index contributed by atoms with van der Waals surface area (Å²) in [6.45, 7) is 4.19. The van der Waals surface area contributed by atoms with Crippen molar-refractivity contribution in [3.8, 4) is 67.3 Å². The summed E-state index contributed by atoms with van der Waals surface area (Å²) in [5.41, 5.74) is 2.08. The largest absolute Gasteiger partial charge is 0.478 e. The van der Waals surface area contributed by atoms with Crippen LogP contribution in [0.1, 0.15) is 66.4 Å². The Morgan fingerprint density at radius 1 is 0.545 bits per heavy atom. The molecule has 0 atom stereocenters. The number of nitrogens with zero attached hydrogens (tertiary/aromatic N) is 8. The third-order valence-corrected chi connectivity index (χ3v) is 13.0. The van der Waals surface area contributed by atoms with E-state index >= 15 is 0 Å². The number of halogens is 2. The molecule has 0 spiro atoms. The zero-order chi connectivity index (χ0) is 46.0. The van der Waals surface area contributed by atoms with Crippen LogP contribution in [0.5, 0.6) is 11.8 Å². The van der Waals surface area contributed by atoms with Crippen LogP contribution in [-0.4, -0.2) is 56.8 Å². The number of thiophene rings is 2. The number of anilines is 2. The van der Waals surface area contributed by atoms with Crippen LogP contribution < -0.4 is 19.3 Å². The van der Waals surface area contributed by atoms with E-state index in [4.69, 9.17) is 42.6 Å². The molecule has 0 saturated heterocycles. The summed E-state index contributed by atoms with van der Waals surface area (Å²) in [5.74, 6) is -3.41. The van der Waals surface area contributed by atoms with Crippen molar-refractivity contribution < 1.29 is 28.7 Å². The van der Waals surface area contributed by atoms with E-state index in [0.717, 1.165) is 9.80 Å². The fourth-order valence-corrected chi connectivity index (χ4v) is 10.00. The van der Waals surface area contributed by atoms with Crippen LogP contribution in [0.25, 0.3) is 54.2 Å². The van der Waals surface area contributed by atoms with Crippen LogP contribution >= 0.6 is 45.9 Å². The van der Waals surface area contributed by atoms with Gasteiger partial charge in [-0.25, -0.2) is 29.7 Å². The Balaban J connectivity index is 1.12. The molecule has 2 aromatic carbocycles. The molecular weight excluding hydrogens is 920 g/mol. The van der Waals surface area contributed by atoms with Gasteiger partial charge in [0.05, 0.1) is 24.6 Å². The first-order valence-electron chi connectivity index (χ1n) is 20.0. The van der Waals surface area contributed by atoms with E-state index in [1.807, 2.05) is 10.8 Å². The third kappa shape index (κ3) is 6.83. The monoisotopic (exact) mass is 944 g/mol. The maximum Gasteiger partial charge on any atom is 0.267 e. The fraction of sp³-hybridized carbons (Fsp3) is 0.0833. The van der Waals surface area contributed by atoms with Crippen molar-refractivity contribution in [1.29, 1.82) is 10.5 Å². The van der Waals surface area contributed by atoms with Crippen molar-refractivity contribution in [2.75, 3.05) is 23.0 Å². The molecule has 0 N–H and O–H groups in total. The number of amides is 4. The molecule has 8 aromatic rings. The SMILES string of the molecule is CCOc1cc(-c2cc(-c3cccs3)c(C#N)c(N3C(=O)c4ccc5c6c(ccc(c46)C3=O)C(=O)N(c3nc(-c4cc(Cl)nc(OCC)c4)cc(-c4cccs4)c3C#N)C5=O)n2)cc(Cl)n1. The summed E-state index contributed by atoms with van der Waals surface area (Å²) < 4.78 is 11.3. The second kappa shape index (κ2) is 16.6. The molecule has 8 heterocycles. The van der Waals surface area contributed by atoms with Crippen LogP contribution in [0.4, 0.5) is 11.6 Å². The van der Waals surface area contributed by atoms with Crippen molar-refractivity contribution >= 4 is 91.9 Å². The standard InChI is InChI=1S/C48H26Cl2N8O6S2/c1-3-63-39-17-23(15-37(49)55-39)33-19-29(35-7-5-13-65-35)31(21-51)43(53-33)57-45(59)25-9-11-27-42-28(12-10-26(41(25)42)46(57)60)48(62)58(47(27)61)44-32(22-52)30(36-8-6-14-66-36)20-34(54-44)24-16-38(50)56-40(18-24)64-4-2/h5-20H,3-4H2,1-2H3. The molecule has 0 unspecified atom stereocenters. The van der Waals surface area contributed by atoms with E-state index in [1.54, 1.807) is 74.5 Å². The van der Waals surface area contributed by atoms with Gasteiger partial charge in [0.25, 0.3) is 23.6 Å². The molecule has 0 aliphatic carbocycles. The molecular formula is C48H26Cl2N8O6S2. The Hall–Kier alpha value is -7.86. The van der Waals surface area contributed by atoms with Gasteiger partial charge < -0.3 is 9.47 Å².